The molecule has 0 spiro atoms. The Morgan fingerprint density at radius 3 is 2.09 bits per heavy atom. The predicted octanol–water partition coefficient (Wildman–Crippen LogP) is 2.56. The van der Waals surface area contributed by atoms with Crippen LogP contribution in [0.4, 0.5) is 0 Å². The number of aliphatic hydroxyl groups excluding tert-OH is 1. The number of aromatic amines is 1. The fourth-order valence-corrected chi connectivity index (χ4v) is 10.8. The van der Waals surface area contributed by atoms with E-state index in [0.29, 0.717) is 18.0 Å². The minimum atomic E-state index is -2.45. The third-order valence-electron chi connectivity index (χ3n) is 6.98. The first-order valence-electron chi connectivity index (χ1n) is 11.4. The van der Waals surface area contributed by atoms with Gasteiger partial charge in [-0.1, -0.05) is 91.8 Å². The molecule has 2 aromatic carbocycles. The molecule has 33 heavy (non-hydrogen) atoms. The van der Waals surface area contributed by atoms with Gasteiger partial charge in [-0.25, -0.2) is 4.79 Å². The van der Waals surface area contributed by atoms with Gasteiger partial charge in [-0.15, -0.1) is 0 Å². The second-order valence-corrected chi connectivity index (χ2v) is 14.9. The van der Waals surface area contributed by atoms with Gasteiger partial charge in [0.05, 0.1) is 12.2 Å². The van der Waals surface area contributed by atoms with Crippen molar-refractivity contribution in [2.75, 3.05) is 0 Å². The number of nitrogens with one attached hydrogen (secondary N) is 1. The first kappa shape index (κ1) is 23.4. The summed E-state index contributed by atoms with van der Waals surface area (Å²) in [6, 6.07) is 21.8. The molecule has 1 fully saturated rings. The maximum absolute atomic E-state index is 12.4. The van der Waals surface area contributed by atoms with E-state index in [-0.39, 0.29) is 5.04 Å². The number of hydrogen-bond acceptors (Lipinski definition) is 4. The van der Waals surface area contributed by atoms with E-state index in [1.54, 1.807) is 6.92 Å². The molecule has 0 saturated carbocycles. The molecule has 174 valence electrons. The van der Waals surface area contributed by atoms with E-state index >= 15 is 0 Å². The smallest absolute Gasteiger partial charge is 0.330 e. The second kappa shape index (κ2) is 8.89. The molecule has 1 saturated heterocycles. The van der Waals surface area contributed by atoms with Crippen LogP contribution >= 0.6 is 0 Å². The fourth-order valence-electron chi connectivity index (χ4n) is 5.19. The molecule has 0 aliphatic carbocycles. The van der Waals surface area contributed by atoms with E-state index < -0.39 is 37.8 Å². The highest BCUT2D eigenvalue weighted by atomic mass is 28.3. The van der Waals surface area contributed by atoms with Crippen molar-refractivity contribution < 1.29 is 9.84 Å². The molecule has 7 heteroatoms. The van der Waals surface area contributed by atoms with Gasteiger partial charge in [0, 0.05) is 18.2 Å². The standard InChI is InChI=1S/C26H32N2O4Si/c1-18-16-28(25(31)27-24(18)30)23-15-21(29)22(32-23)17-33(26(2,3)4,19-11-7-5-8-12-19)20-13-9-6-10-14-20/h5-14,16,21-23,29H,15,17H2,1-4H3,(H,27,30,31)/t21-,22+,23+/m0/s1. The van der Waals surface area contributed by atoms with Crippen molar-refractivity contribution in [2.24, 2.45) is 0 Å². The summed E-state index contributed by atoms with van der Waals surface area (Å²) in [7, 11) is -2.45. The zero-order valence-electron chi connectivity index (χ0n) is 19.6. The minimum absolute atomic E-state index is 0.0672. The van der Waals surface area contributed by atoms with Crippen LogP contribution in [0.1, 0.15) is 39.0 Å². The van der Waals surface area contributed by atoms with E-state index in [2.05, 4.69) is 74.3 Å². The summed E-state index contributed by atoms with van der Waals surface area (Å²) in [5.41, 5.74) is -0.490. The van der Waals surface area contributed by atoms with Gasteiger partial charge in [0.1, 0.15) is 14.3 Å². The lowest BCUT2D eigenvalue weighted by Crippen LogP contribution is -2.66. The lowest BCUT2D eigenvalue weighted by Gasteiger charge is -2.45. The van der Waals surface area contributed by atoms with Crippen LogP contribution in [0.15, 0.2) is 76.4 Å². The van der Waals surface area contributed by atoms with Crippen molar-refractivity contribution in [2.45, 2.75) is 63.6 Å². The Hall–Kier alpha value is -2.74. The molecular formula is C26H32N2O4Si. The van der Waals surface area contributed by atoms with E-state index in [0.717, 1.165) is 0 Å². The molecule has 2 heterocycles. The van der Waals surface area contributed by atoms with Gasteiger partial charge in [-0.05, 0) is 18.0 Å². The maximum Gasteiger partial charge on any atom is 0.330 e. The van der Waals surface area contributed by atoms with Crippen molar-refractivity contribution in [1.82, 2.24) is 9.55 Å². The third-order valence-corrected chi connectivity index (χ3v) is 13.2. The Morgan fingerprint density at radius 2 is 1.58 bits per heavy atom. The van der Waals surface area contributed by atoms with E-state index in [1.807, 2.05) is 12.1 Å². The average Bonchev–Trinajstić information content (AvgIpc) is 3.14. The Labute approximate surface area is 194 Å². The van der Waals surface area contributed by atoms with Crippen molar-refractivity contribution in [3.63, 3.8) is 0 Å². The van der Waals surface area contributed by atoms with Crippen LogP contribution in [0.2, 0.25) is 11.1 Å². The first-order valence-corrected chi connectivity index (χ1v) is 13.6. The van der Waals surface area contributed by atoms with Crippen molar-refractivity contribution in [1.29, 1.82) is 0 Å². The largest absolute Gasteiger partial charge is 0.390 e. The molecule has 6 nitrogen and oxygen atoms in total. The number of nitrogens with zero attached hydrogens (tertiary/aromatic N) is 1. The average molecular weight is 465 g/mol. The molecule has 4 rings (SSSR count). The minimum Gasteiger partial charge on any atom is -0.390 e. The SMILES string of the molecule is Cc1cn([C@H]2C[C@H](O)[C@@H](C[Si](c3ccccc3)(c3ccccc3)C(C)(C)C)O2)c(=O)[nH]c1=O. The Morgan fingerprint density at radius 1 is 1.03 bits per heavy atom. The molecule has 1 aliphatic heterocycles. The quantitative estimate of drug-likeness (QED) is 0.569. The van der Waals surface area contributed by atoms with Crippen LogP contribution in [0.5, 0.6) is 0 Å². The topological polar surface area (TPSA) is 84.3 Å². The van der Waals surface area contributed by atoms with Crippen molar-refractivity contribution >= 4 is 18.4 Å². The van der Waals surface area contributed by atoms with Crippen molar-refractivity contribution in [3.05, 3.63) is 93.3 Å². The molecule has 0 radical (unpaired) electrons. The summed E-state index contributed by atoms with van der Waals surface area (Å²) in [4.78, 5) is 26.6. The fraction of sp³-hybridized carbons (Fsp3) is 0.385. The maximum atomic E-state index is 12.4. The van der Waals surface area contributed by atoms with Crippen LogP contribution in [0.25, 0.3) is 0 Å². The van der Waals surface area contributed by atoms with Crippen LogP contribution in [-0.2, 0) is 4.74 Å². The summed E-state index contributed by atoms with van der Waals surface area (Å²) < 4.78 is 7.75. The van der Waals surface area contributed by atoms with Gasteiger partial charge in [0.15, 0.2) is 0 Å². The molecule has 0 amide bonds. The molecule has 1 aliphatic rings. The van der Waals surface area contributed by atoms with Gasteiger partial charge in [-0.2, -0.15) is 0 Å². The highest BCUT2D eigenvalue weighted by molar-refractivity contribution is 7.04. The lowest BCUT2D eigenvalue weighted by molar-refractivity contribution is -0.0109. The Kier molecular flexibility index (Phi) is 6.31. The van der Waals surface area contributed by atoms with Gasteiger partial charge in [-0.3, -0.25) is 14.3 Å². The molecule has 3 aromatic rings. The van der Waals surface area contributed by atoms with Crippen molar-refractivity contribution in [3.8, 4) is 0 Å². The summed E-state index contributed by atoms with van der Waals surface area (Å²) in [6.45, 7) is 8.47. The van der Waals surface area contributed by atoms with E-state index in [1.165, 1.54) is 21.1 Å². The van der Waals surface area contributed by atoms with Crippen LogP contribution in [0, 0.1) is 6.92 Å². The van der Waals surface area contributed by atoms with Crippen LogP contribution in [0.3, 0.4) is 0 Å². The molecular weight excluding hydrogens is 432 g/mol. The number of rotatable bonds is 5. The summed E-state index contributed by atoms with van der Waals surface area (Å²) >= 11 is 0. The number of ether oxygens (including phenoxy) is 1. The zero-order chi connectivity index (χ0) is 23.8. The summed E-state index contributed by atoms with van der Waals surface area (Å²) in [5.74, 6) is 0. The van der Waals surface area contributed by atoms with Gasteiger partial charge < -0.3 is 9.84 Å². The number of hydrogen-bond donors (Lipinski definition) is 2. The first-order chi connectivity index (χ1) is 15.6. The number of aryl methyl sites for hydroxylation is 1. The Bertz CT molecular complexity index is 1180. The molecule has 3 atom stereocenters. The molecule has 0 unspecified atom stereocenters. The highest BCUT2D eigenvalue weighted by Gasteiger charge is 2.51. The lowest BCUT2D eigenvalue weighted by atomic mass is 10.2. The highest BCUT2D eigenvalue weighted by Crippen LogP contribution is 2.42. The zero-order valence-corrected chi connectivity index (χ0v) is 20.6. The van der Waals surface area contributed by atoms with Crippen LogP contribution < -0.4 is 21.6 Å². The number of aromatic nitrogens is 2. The van der Waals surface area contributed by atoms with E-state index in [9.17, 15) is 14.7 Å². The normalized spacial score (nSPS) is 21.3. The Balaban J connectivity index is 1.77. The van der Waals surface area contributed by atoms with Gasteiger partial charge >= 0.3 is 5.69 Å². The number of H-pyrrole nitrogens is 1. The monoisotopic (exact) mass is 464 g/mol. The van der Waals surface area contributed by atoms with Gasteiger partial charge in [0.25, 0.3) is 5.56 Å². The number of benzene rings is 2. The molecule has 0 bridgehead atoms. The van der Waals surface area contributed by atoms with E-state index in [4.69, 9.17) is 4.74 Å². The van der Waals surface area contributed by atoms with Crippen LogP contribution in [-0.4, -0.2) is 34.9 Å². The third kappa shape index (κ3) is 4.28. The second-order valence-electron chi connectivity index (χ2n) is 10.0. The summed E-state index contributed by atoms with van der Waals surface area (Å²) in [6.07, 6.45) is 0.0559. The molecule has 1 aromatic heterocycles. The predicted molar refractivity (Wildman–Crippen MR) is 133 cm³/mol. The summed E-state index contributed by atoms with van der Waals surface area (Å²) in [5, 5.41) is 13.6. The number of aliphatic hydroxyl groups is 1. The van der Waals surface area contributed by atoms with Gasteiger partial charge in [0.2, 0.25) is 0 Å². The molecule has 2 N–H and O–H groups in total.